The van der Waals surface area contributed by atoms with E-state index in [1.54, 1.807) is 24.3 Å². The molecule has 2 N–H and O–H groups in total. The Morgan fingerprint density at radius 1 is 1.07 bits per heavy atom. The normalized spacial score (nSPS) is 16.1. The minimum absolute atomic E-state index is 0.0953. The monoisotopic (exact) mass is 610 g/mol. The topological polar surface area (TPSA) is 122 Å². The molecule has 1 amide bonds. The lowest BCUT2D eigenvalue weighted by atomic mass is 9.97. The summed E-state index contributed by atoms with van der Waals surface area (Å²) >= 11 is 11.9. The van der Waals surface area contributed by atoms with Crippen molar-refractivity contribution in [2.45, 2.75) is 29.8 Å². The average molecular weight is 611 g/mol. The molecule has 3 aromatic carbocycles. The molecule has 212 valence electrons. The zero-order chi connectivity index (χ0) is 29.2. The van der Waals surface area contributed by atoms with Crippen LogP contribution >= 0.6 is 23.2 Å². The fraction of sp³-hybridized carbons (Fsp3) is 0.259. The Morgan fingerprint density at radius 2 is 1.73 bits per heavy atom. The van der Waals surface area contributed by atoms with Crippen molar-refractivity contribution in [2.75, 3.05) is 20.8 Å². The minimum Gasteiger partial charge on any atom is -0.497 e. The van der Waals surface area contributed by atoms with Gasteiger partial charge in [0.05, 0.1) is 37.1 Å². The van der Waals surface area contributed by atoms with Crippen LogP contribution in [-0.2, 0) is 19.6 Å². The highest BCUT2D eigenvalue weighted by Gasteiger charge is 2.43. The molecule has 9 nitrogen and oxygen atoms in total. The Bertz CT molecular complexity index is 1530. The predicted octanol–water partition coefficient (Wildman–Crippen LogP) is 4.91. The number of sulfonamides is 1. The summed E-state index contributed by atoms with van der Waals surface area (Å²) in [5, 5.41) is 12.4. The van der Waals surface area contributed by atoms with Gasteiger partial charge < -0.3 is 19.9 Å². The first-order valence-corrected chi connectivity index (χ1v) is 14.2. The quantitative estimate of drug-likeness (QED) is 0.334. The van der Waals surface area contributed by atoms with E-state index in [9.17, 15) is 27.5 Å². The van der Waals surface area contributed by atoms with Crippen LogP contribution in [0.25, 0.3) is 11.1 Å². The number of aliphatic carboxylic acids is 1. The van der Waals surface area contributed by atoms with E-state index in [4.69, 9.17) is 32.7 Å². The number of rotatable bonds is 10. The molecule has 0 saturated carbocycles. The van der Waals surface area contributed by atoms with Crippen LogP contribution in [0.1, 0.15) is 24.4 Å². The first-order chi connectivity index (χ1) is 18.9. The third-order valence-corrected chi connectivity index (χ3v) is 8.82. The van der Waals surface area contributed by atoms with Crippen LogP contribution in [0.15, 0.2) is 59.5 Å². The zero-order valence-corrected chi connectivity index (χ0v) is 23.7. The molecule has 40 heavy (non-hydrogen) atoms. The summed E-state index contributed by atoms with van der Waals surface area (Å²) in [5.41, 5.74) is 1.07. The Morgan fingerprint density at radius 3 is 2.25 bits per heavy atom. The van der Waals surface area contributed by atoms with Crippen molar-refractivity contribution >= 4 is 45.1 Å². The van der Waals surface area contributed by atoms with E-state index < -0.39 is 46.2 Å². The van der Waals surface area contributed by atoms with Gasteiger partial charge >= 0.3 is 5.97 Å². The molecule has 0 aliphatic carbocycles. The van der Waals surface area contributed by atoms with Gasteiger partial charge in [-0.1, -0.05) is 47.5 Å². The first kappa shape index (κ1) is 29.6. The number of nitrogens with one attached hydrogen (secondary N) is 1. The number of methoxy groups -OCH3 is 2. The van der Waals surface area contributed by atoms with E-state index >= 15 is 0 Å². The van der Waals surface area contributed by atoms with Gasteiger partial charge in [-0.2, -0.15) is 4.31 Å². The van der Waals surface area contributed by atoms with Crippen LogP contribution in [0.3, 0.4) is 0 Å². The molecule has 1 aliphatic heterocycles. The molecule has 3 aromatic rings. The van der Waals surface area contributed by atoms with Crippen LogP contribution in [0.2, 0.25) is 10.0 Å². The summed E-state index contributed by atoms with van der Waals surface area (Å²) in [5.74, 6) is -1.88. The molecule has 1 saturated heterocycles. The smallest absolute Gasteiger partial charge is 0.305 e. The number of carbonyl (C=O) groups excluding carboxylic acids is 1. The Labute approximate surface area is 240 Å². The van der Waals surface area contributed by atoms with E-state index in [0.29, 0.717) is 11.1 Å². The molecule has 1 heterocycles. The van der Waals surface area contributed by atoms with Crippen molar-refractivity contribution in [1.82, 2.24) is 9.62 Å². The highest BCUT2D eigenvalue weighted by atomic mass is 35.5. The van der Waals surface area contributed by atoms with Gasteiger partial charge in [-0.25, -0.2) is 12.8 Å². The third kappa shape index (κ3) is 6.17. The molecule has 0 bridgehead atoms. The van der Waals surface area contributed by atoms with Gasteiger partial charge in [0.2, 0.25) is 15.9 Å². The SMILES string of the molecule is COc1cc(F)c(-c2ccc([C@@H](CC(=O)O)NC(=O)[C@@H]3CCN3S(=O)(=O)c3cc(Cl)cc(Cl)c3)cc2)c(OC)c1. The number of ether oxygens (including phenoxy) is 2. The van der Waals surface area contributed by atoms with Crippen LogP contribution < -0.4 is 14.8 Å². The highest BCUT2D eigenvalue weighted by Crippen LogP contribution is 2.37. The first-order valence-electron chi connectivity index (χ1n) is 12.0. The number of carboxylic acid groups (broad SMARTS) is 1. The minimum atomic E-state index is -4.09. The maximum Gasteiger partial charge on any atom is 0.305 e. The van der Waals surface area contributed by atoms with Crippen molar-refractivity contribution in [3.05, 3.63) is 76.0 Å². The fourth-order valence-corrected chi connectivity index (χ4v) is 6.78. The molecule has 4 rings (SSSR count). The van der Waals surface area contributed by atoms with Crippen LogP contribution in [0.5, 0.6) is 11.5 Å². The van der Waals surface area contributed by atoms with Crippen LogP contribution in [-0.4, -0.2) is 56.5 Å². The van der Waals surface area contributed by atoms with Crippen LogP contribution in [0.4, 0.5) is 4.39 Å². The van der Waals surface area contributed by atoms with E-state index in [0.717, 1.165) is 4.31 Å². The molecule has 0 aromatic heterocycles. The van der Waals surface area contributed by atoms with Gasteiger partial charge in [0.25, 0.3) is 0 Å². The molecule has 0 spiro atoms. The number of amides is 1. The molecule has 13 heteroatoms. The van der Waals surface area contributed by atoms with Gasteiger partial charge in [0.15, 0.2) is 0 Å². The van der Waals surface area contributed by atoms with Gasteiger partial charge in [-0.15, -0.1) is 0 Å². The van der Waals surface area contributed by atoms with Crippen molar-refractivity contribution < 1.29 is 37.0 Å². The summed E-state index contributed by atoms with van der Waals surface area (Å²) in [6, 6.07) is 10.9. The lowest BCUT2D eigenvalue weighted by Gasteiger charge is -2.39. The molecular formula is C27H25Cl2FN2O7S. The molecule has 1 aliphatic rings. The molecular weight excluding hydrogens is 586 g/mol. The standard InChI is InChI=1S/C27H25Cl2FN2O7S/c1-38-19-12-21(30)26(24(13-19)39-2)16-5-3-15(4-6-16)22(14-25(33)34)31-27(35)23-7-8-32(23)40(36,37)20-10-17(28)9-18(29)11-20/h3-6,9-13,22-23H,7-8,14H2,1-2H3,(H,31,35)(H,33,34)/t22-,23+/m1/s1. The summed E-state index contributed by atoms with van der Waals surface area (Å²) in [4.78, 5) is 24.6. The summed E-state index contributed by atoms with van der Waals surface area (Å²) in [6.45, 7) is 0.0953. The molecule has 0 unspecified atom stereocenters. The highest BCUT2D eigenvalue weighted by molar-refractivity contribution is 7.89. The summed E-state index contributed by atoms with van der Waals surface area (Å²) in [6.07, 6.45) is -0.219. The Hall–Kier alpha value is -3.38. The van der Waals surface area contributed by atoms with E-state index in [-0.39, 0.29) is 45.0 Å². The Kier molecular flexibility index (Phi) is 8.89. The second-order valence-corrected chi connectivity index (χ2v) is 11.8. The Balaban J connectivity index is 1.56. The lowest BCUT2D eigenvalue weighted by molar-refractivity contribution is -0.138. The number of benzene rings is 3. The number of carboxylic acids is 1. The van der Waals surface area contributed by atoms with E-state index in [2.05, 4.69) is 5.32 Å². The number of hydrogen-bond acceptors (Lipinski definition) is 6. The van der Waals surface area contributed by atoms with Crippen molar-refractivity contribution in [3.8, 4) is 22.6 Å². The van der Waals surface area contributed by atoms with Gasteiger partial charge in [0, 0.05) is 28.7 Å². The summed E-state index contributed by atoms with van der Waals surface area (Å²) < 4.78 is 52.5. The maximum absolute atomic E-state index is 14.8. The van der Waals surface area contributed by atoms with E-state index in [1.807, 2.05) is 0 Å². The lowest BCUT2D eigenvalue weighted by Crippen LogP contribution is -2.58. The zero-order valence-electron chi connectivity index (χ0n) is 21.4. The predicted molar refractivity (Wildman–Crippen MR) is 147 cm³/mol. The van der Waals surface area contributed by atoms with Crippen molar-refractivity contribution in [1.29, 1.82) is 0 Å². The van der Waals surface area contributed by atoms with Crippen molar-refractivity contribution in [2.24, 2.45) is 0 Å². The maximum atomic E-state index is 14.8. The van der Waals surface area contributed by atoms with Crippen molar-refractivity contribution in [3.63, 3.8) is 0 Å². The third-order valence-electron chi connectivity index (χ3n) is 6.50. The fourth-order valence-electron chi connectivity index (χ4n) is 4.42. The summed E-state index contributed by atoms with van der Waals surface area (Å²) in [7, 11) is -1.28. The van der Waals surface area contributed by atoms with Gasteiger partial charge in [-0.05, 0) is 35.7 Å². The molecule has 2 atom stereocenters. The van der Waals surface area contributed by atoms with E-state index in [1.165, 1.54) is 44.6 Å². The second kappa shape index (κ2) is 12.0. The number of halogens is 3. The second-order valence-electron chi connectivity index (χ2n) is 8.99. The molecule has 1 fully saturated rings. The number of carbonyl (C=O) groups is 2. The van der Waals surface area contributed by atoms with Gasteiger partial charge in [0.1, 0.15) is 23.4 Å². The number of hydrogen-bond donors (Lipinski definition) is 2. The number of nitrogens with zero attached hydrogens (tertiary/aromatic N) is 1. The van der Waals surface area contributed by atoms with Crippen LogP contribution in [0, 0.1) is 5.82 Å². The average Bonchev–Trinajstić information content (AvgIpc) is 2.86. The largest absolute Gasteiger partial charge is 0.497 e. The molecule has 0 radical (unpaired) electrons. The van der Waals surface area contributed by atoms with Gasteiger partial charge in [-0.3, -0.25) is 9.59 Å².